The van der Waals surface area contributed by atoms with Gasteiger partial charge in [0.25, 0.3) is 0 Å². The summed E-state index contributed by atoms with van der Waals surface area (Å²) in [5, 5.41) is 0.101. The summed E-state index contributed by atoms with van der Waals surface area (Å²) in [6, 6.07) is 7.89. The molecule has 1 aliphatic carbocycles. The molecule has 140 valence electrons. The number of ketones is 1. The lowest BCUT2D eigenvalue weighted by atomic mass is 9.94. The first-order valence-electron chi connectivity index (χ1n) is 9.07. The Morgan fingerprint density at radius 2 is 1.80 bits per heavy atom. The molecule has 25 heavy (non-hydrogen) atoms. The van der Waals surface area contributed by atoms with Crippen LogP contribution in [0.2, 0.25) is 18.1 Å². The Kier molecular flexibility index (Phi) is 6.46. The highest BCUT2D eigenvalue weighted by Gasteiger charge is 2.42. The van der Waals surface area contributed by atoms with Crippen molar-refractivity contribution < 1.29 is 18.7 Å². The molecule has 0 N–H and O–H groups in total. The van der Waals surface area contributed by atoms with Gasteiger partial charge in [0.1, 0.15) is 11.9 Å². The molecule has 2 atom stereocenters. The number of carbonyl (C=O) groups excluding carboxylic acids is 1. The number of hydrogen-bond acceptors (Lipinski definition) is 4. The van der Waals surface area contributed by atoms with Crippen molar-refractivity contribution in [1.82, 2.24) is 0 Å². The second-order valence-electron chi connectivity index (χ2n) is 8.39. The summed E-state index contributed by atoms with van der Waals surface area (Å²) in [5.41, 5.74) is 1.11. The zero-order valence-corrected chi connectivity index (χ0v) is 17.4. The van der Waals surface area contributed by atoms with E-state index in [2.05, 4.69) is 33.9 Å². The molecule has 0 amide bonds. The summed E-state index contributed by atoms with van der Waals surface area (Å²) in [7, 11) is -0.292. The minimum atomic E-state index is -1.95. The van der Waals surface area contributed by atoms with Crippen molar-refractivity contribution in [3.05, 3.63) is 29.8 Å². The van der Waals surface area contributed by atoms with Crippen LogP contribution in [0.25, 0.3) is 0 Å². The minimum absolute atomic E-state index is 0.0783. The molecule has 5 heteroatoms. The lowest BCUT2D eigenvalue weighted by molar-refractivity contribution is -0.133. The van der Waals surface area contributed by atoms with E-state index >= 15 is 0 Å². The van der Waals surface area contributed by atoms with Crippen molar-refractivity contribution in [2.45, 2.75) is 77.0 Å². The van der Waals surface area contributed by atoms with E-state index in [0.29, 0.717) is 19.4 Å². The van der Waals surface area contributed by atoms with Gasteiger partial charge in [0.15, 0.2) is 14.1 Å². The van der Waals surface area contributed by atoms with Crippen LogP contribution in [-0.4, -0.2) is 33.4 Å². The third kappa shape index (κ3) is 5.40. The Morgan fingerprint density at radius 3 is 2.36 bits per heavy atom. The van der Waals surface area contributed by atoms with Crippen LogP contribution in [0.1, 0.15) is 45.6 Å². The molecule has 1 fully saturated rings. The fourth-order valence-corrected chi connectivity index (χ4v) is 3.98. The molecule has 0 unspecified atom stereocenters. The molecule has 0 radical (unpaired) electrons. The third-order valence-corrected chi connectivity index (χ3v) is 9.92. The lowest BCUT2D eigenvalue weighted by Gasteiger charge is -2.40. The highest BCUT2D eigenvalue weighted by molar-refractivity contribution is 6.74. The Hall–Kier alpha value is -1.17. The van der Waals surface area contributed by atoms with Crippen molar-refractivity contribution in [3.63, 3.8) is 0 Å². The average Bonchev–Trinajstić information content (AvgIpc) is 2.55. The normalized spacial score (nSPS) is 22.1. The Labute approximate surface area is 153 Å². The molecule has 1 aromatic carbocycles. The predicted octanol–water partition coefficient (Wildman–Crippen LogP) is 4.72. The van der Waals surface area contributed by atoms with Gasteiger partial charge in [-0.15, -0.1) is 0 Å². The SMILES string of the molecule is COc1ccc(CO[C@@H]2CCC(=O)[C@@H](O[Si](C)(C)C(C)(C)C)C2)cc1. The Balaban J connectivity index is 1.91. The second kappa shape index (κ2) is 8.02. The number of carbonyl (C=O) groups is 1. The maximum Gasteiger partial charge on any atom is 0.193 e. The van der Waals surface area contributed by atoms with Crippen molar-refractivity contribution in [2.75, 3.05) is 7.11 Å². The van der Waals surface area contributed by atoms with Crippen LogP contribution in [0.15, 0.2) is 24.3 Å². The first-order chi connectivity index (χ1) is 11.6. The Morgan fingerprint density at radius 1 is 1.16 bits per heavy atom. The molecular weight excluding hydrogens is 332 g/mol. The quantitative estimate of drug-likeness (QED) is 0.685. The van der Waals surface area contributed by atoms with E-state index in [0.717, 1.165) is 17.7 Å². The molecule has 0 bridgehead atoms. The van der Waals surface area contributed by atoms with E-state index in [4.69, 9.17) is 13.9 Å². The van der Waals surface area contributed by atoms with Gasteiger partial charge in [0, 0.05) is 12.8 Å². The number of ether oxygens (including phenoxy) is 2. The van der Waals surface area contributed by atoms with Crippen LogP contribution >= 0.6 is 0 Å². The van der Waals surface area contributed by atoms with Crippen molar-refractivity contribution in [3.8, 4) is 5.75 Å². The van der Waals surface area contributed by atoms with Crippen molar-refractivity contribution in [1.29, 1.82) is 0 Å². The third-order valence-electron chi connectivity index (χ3n) is 5.44. The van der Waals surface area contributed by atoms with Crippen LogP contribution in [0, 0.1) is 0 Å². The molecule has 0 spiro atoms. The van der Waals surface area contributed by atoms with Gasteiger partial charge in [-0.25, -0.2) is 0 Å². The van der Waals surface area contributed by atoms with E-state index in [1.54, 1.807) is 7.11 Å². The zero-order valence-electron chi connectivity index (χ0n) is 16.4. The molecule has 1 aliphatic rings. The largest absolute Gasteiger partial charge is 0.497 e. The molecule has 0 aromatic heterocycles. The molecule has 1 aromatic rings. The topological polar surface area (TPSA) is 44.8 Å². The number of methoxy groups -OCH3 is 1. The van der Waals surface area contributed by atoms with Gasteiger partial charge in [-0.05, 0) is 42.2 Å². The van der Waals surface area contributed by atoms with Gasteiger partial charge in [0.05, 0.1) is 19.8 Å². The van der Waals surface area contributed by atoms with E-state index in [1.807, 2.05) is 24.3 Å². The van der Waals surface area contributed by atoms with E-state index in [-0.39, 0.29) is 23.0 Å². The highest BCUT2D eigenvalue weighted by atomic mass is 28.4. The van der Waals surface area contributed by atoms with Gasteiger partial charge in [-0.3, -0.25) is 4.79 Å². The maximum absolute atomic E-state index is 12.3. The molecule has 0 aliphatic heterocycles. The van der Waals surface area contributed by atoms with Crippen LogP contribution in [0.5, 0.6) is 5.75 Å². The predicted molar refractivity (Wildman–Crippen MR) is 102 cm³/mol. The van der Waals surface area contributed by atoms with Gasteiger partial charge in [-0.2, -0.15) is 0 Å². The smallest absolute Gasteiger partial charge is 0.193 e. The summed E-state index contributed by atoms with van der Waals surface area (Å²) in [6.45, 7) is 11.5. The fraction of sp³-hybridized carbons (Fsp3) is 0.650. The highest BCUT2D eigenvalue weighted by Crippen LogP contribution is 2.38. The average molecular weight is 365 g/mol. The standard InChI is InChI=1S/C20H32O4Si/c1-20(2,3)25(5,6)24-19-13-17(11-12-18(19)21)23-14-15-7-9-16(22-4)10-8-15/h7-10,17,19H,11-14H2,1-6H3/t17-,19+/m1/s1. The van der Waals surface area contributed by atoms with Crippen LogP contribution in [0.3, 0.4) is 0 Å². The number of hydrogen-bond donors (Lipinski definition) is 0. The summed E-state index contributed by atoms with van der Waals surface area (Å²) < 4.78 is 17.6. The van der Waals surface area contributed by atoms with E-state index in [1.165, 1.54) is 0 Å². The Bertz CT molecular complexity index is 574. The maximum atomic E-state index is 12.3. The van der Waals surface area contributed by atoms with Crippen LogP contribution in [0.4, 0.5) is 0 Å². The minimum Gasteiger partial charge on any atom is -0.497 e. The van der Waals surface area contributed by atoms with E-state index < -0.39 is 8.32 Å². The molecule has 0 saturated heterocycles. The monoisotopic (exact) mass is 364 g/mol. The summed E-state index contributed by atoms with van der Waals surface area (Å²) >= 11 is 0. The first kappa shape index (κ1) is 20.1. The van der Waals surface area contributed by atoms with Crippen LogP contribution in [-0.2, 0) is 20.6 Å². The molecular formula is C20H32O4Si. The number of Topliss-reactive ketones (excluding diaryl/α,β-unsaturated/α-hetero) is 1. The summed E-state index contributed by atoms with van der Waals surface area (Å²) in [4.78, 5) is 12.3. The summed E-state index contributed by atoms with van der Waals surface area (Å²) in [5.74, 6) is 1.07. The summed E-state index contributed by atoms with van der Waals surface area (Å²) in [6.07, 6.45) is 1.77. The zero-order chi connectivity index (χ0) is 18.7. The second-order valence-corrected chi connectivity index (χ2v) is 13.1. The van der Waals surface area contributed by atoms with Gasteiger partial charge in [0.2, 0.25) is 0 Å². The van der Waals surface area contributed by atoms with Gasteiger partial charge >= 0.3 is 0 Å². The van der Waals surface area contributed by atoms with Gasteiger partial charge in [-0.1, -0.05) is 32.9 Å². The van der Waals surface area contributed by atoms with Crippen molar-refractivity contribution in [2.24, 2.45) is 0 Å². The van der Waals surface area contributed by atoms with E-state index in [9.17, 15) is 4.79 Å². The lowest BCUT2D eigenvalue weighted by Crippen LogP contribution is -2.48. The number of rotatable bonds is 6. The first-order valence-corrected chi connectivity index (χ1v) is 12.0. The van der Waals surface area contributed by atoms with Crippen molar-refractivity contribution >= 4 is 14.1 Å². The van der Waals surface area contributed by atoms with Gasteiger partial charge < -0.3 is 13.9 Å². The molecule has 4 nitrogen and oxygen atoms in total. The van der Waals surface area contributed by atoms with Crippen LogP contribution < -0.4 is 4.74 Å². The number of benzene rings is 1. The molecule has 2 rings (SSSR count). The molecule has 1 saturated carbocycles. The fourth-order valence-electron chi connectivity index (χ4n) is 2.69. The molecule has 0 heterocycles.